The number of nitrogens with two attached hydrogens (primary N) is 1. The lowest BCUT2D eigenvalue weighted by atomic mass is 10.1. The molecule has 13 heavy (non-hydrogen) atoms. The Balaban J connectivity index is -0.000000177. The van der Waals surface area contributed by atoms with Crippen molar-refractivity contribution in [1.82, 2.24) is 0 Å². The van der Waals surface area contributed by atoms with Gasteiger partial charge in [0.1, 0.15) is 0 Å². The summed E-state index contributed by atoms with van der Waals surface area (Å²) in [7, 11) is 0. The molecule has 0 saturated carbocycles. The van der Waals surface area contributed by atoms with Gasteiger partial charge < -0.3 is 5.73 Å². The minimum atomic E-state index is 0. The third-order valence-electron chi connectivity index (χ3n) is 1.94. The van der Waals surface area contributed by atoms with Gasteiger partial charge in [0.15, 0.2) is 0 Å². The normalized spacial score (nSPS) is 9.69. The smallest absolute Gasteiger partial charge is 0 e. The predicted molar refractivity (Wildman–Crippen MR) is 65.1 cm³/mol. The van der Waals surface area contributed by atoms with E-state index < -0.39 is 0 Å². The summed E-state index contributed by atoms with van der Waals surface area (Å²) in [5.41, 5.74) is 5.14. The molecule has 2 N–H and O–H groups in total. The van der Waals surface area contributed by atoms with Crippen molar-refractivity contribution >= 4 is 0 Å². The first-order valence-electron chi connectivity index (χ1n) is 5.89. The van der Waals surface area contributed by atoms with E-state index in [1.54, 1.807) is 0 Å². The molecule has 0 atom stereocenters. The highest BCUT2D eigenvalue weighted by molar-refractivity contribution is 4.44. The summed E-state index contributed by atoms with van der Waals surface area (Å²) in [6.07, 6.45) is 7.99. The average molecular weight is 189 g/mol. The minimum Gasteiger partial charge on any atom is -0.330 e. The van der Waals surface area contributed by atoms with Crippen molar-refractivity contribution in [2.24, 2.45) is 11.7 Å². The third kappa shape index (κ3) is 24.5. The van der Waals surface area contributed by atoms with Crippen molar-refractivity contribution in [2.75, 3.05) is 6.54 Å². The van der Waals surface area contributed by atoms with E-state index in [1.165, 1.54) is 38.5 Å². The highest BCUT2D eigenvalue weighted by Gasteiger charge is 1.90. The van der Waals surface area contributed by atoms with Crippen molar-refractivity contribution < 1.29 is 1.43 Å². The Labute approximate surface area is 86.6 Å². The Kier molecular flexibility index (Phi) is 17.2. The Morgan fingerprint density at radius 2 is 1.54 bits per heavy atom. The molecule has 0 bridgehead atoms. The topological polar surface area (TPSA) is 26.0 Å². The zero-order valence-electron chi connectivity index (χ0n) is 10.1. The SMILES string of the molecule is CCCCCC(C)C.CCCCN.[HH]. The molecule has 0 rings (SSSR count). The van der Waals surface area contributed by atoms with Crippen LogP contribution in [-0.2, 0) is 0 Å². The molecule has 1 heteroatoms. The van der Waals surface area contributed by atoms with Crippen LogP contribution in [-0.4, -0.2) is 6.54 Å². The molecule has 0 aliphatic heterocycles. The van der Waals surface area contributed by atoms with Crippen LogP contribution in [0.1, 0.15) is 67.6 Å². The molecule has 0 spiro atoms. The second-order valence-electron chi connectivity index (χ2n) is 4.03. The van der Waals surface area contributed by atoms with Crippen LogP contribution in [0.3, 0.4) is 0 Å². The van der Waals surface area contributed by atoms with Crippen molar-refractivity contribution in [3.05, 3.63) is 0 Å². The van der Waals surface area contributed by atoms with Gasteiger partial charge in [0.2, 0.25) is 0 Å². The van der Waals surface area contributed by atoms with E-state index in [1.807, 2.05) is 0 Å². The molecule has 0 heterocycles. The fourth-order valence-electron chi connectivity index (χ4n) is 1.01. The lowest BCUT2D eigenvalue weighted by Gasteiger charge is -2.00. The number of hydrogen-bond acceptors (Lipinski definition) is 1. The maximum Gasteiger partial charge on any atom is 0 e. The van der Waals surface area contributed by atoms with Crippen LogP contribution in [0.25, 0.3) is 0 Å². The monoisotopic (exact) mass is 189 g/mol. The molecule has 0 aliphatic carbocycles. The highest BCUT2D eigenvalue weighted by Crippen LogP contribution is 2.06. The van der Waals surface area contributed by atoms with Gasteiger partial charge in [0, 0.05) is 1.43 Å². The van der Waals surface area contributed by atoms with Gasteiger partial charge in [-0.15, -0.1) is 0 Å². The molecule has 1 nitrogen and oxygen atoms in total. The van der Waals surface area contributed by atoms with Crippen molar-refractivity contribution in [3.63, 3.8) is 0 Å². The first kappa shape index (κ1) is 15.4. The lowest BCUT2D eigenvalue weighted by Crippen LogP contribution is -1.95. The summed E-state index contributed by atoms with van der Waals surface area (Å²) < 4.78 is 0. The fourth-order valence-corrected chi connectivity index (χ4v) is 1.01. The molecular formula is C12H31N. The van der Waals surface area contributed by atoms with Crippen molar-refractivity contribution in [2.45, 2.75) is 66.2 Å². The van der Waals surface area contributed by atoms with Gasteiger partial charge in [-0.2, -0.15) is 0 Å². The molecule has 0 unspecified atom stereocenters. The van der Waals surface area contributed by atoms with E-state index in [2.05, 4.69) is 27.7 Å². The van der Waals surface area contributed by atoms with Crippen LogP contribution in [0.4, 0.5) is 0 Å². The van der Waals surface area contributed by atoms with Gasteiger partial charge in [-0.05, 0) is 18.9 Å². The zero-order chi connectivity index (χ0) is 10.5. The van der Waals surface area contributed by atoms with Crippen LogP contribution in [0.15, 0.2) is 0 Å². The Morgan fingerprint density at radius 1 is 1.00 bits per heavy atom. The number of hydrogen-bond donors (Lipinski definition) is 1. The Morgan fingerprint density at radius 3 is 1.77 bits per heavy atom. The van der Waals surface area contributed by atoms with E-state index in [9.17, 15) is 0 Å². The molecule has 0 radical (unpaired) electrons. The molecule has 0 aliphatic rings. The molecule has 0 fully saturated rings. The van der Waals surface area contributed by atoms with E-state index in [4.69, 9.17) is 5.73 Å². The van der Waals surface area contributed by atoms with Crippen LogP contribution in [0, 0.1) is 5.92 Å². The average Bonchev–Trinajstić information content (AvgIpc) is 2.07. The van der Waals surface area contributed by atoms with E-state index >= 15 is 0 Å². The maximum absolute atomic E-state index is 5.14. The molecule has 84 valence electrons. The van der Waals surface area contributed by atoms with Crippen molar-refractivity contribution in [3.8, 4) is 0 Å². The van der Waals surface area contributed by atoms with E-state index in [0.29, 0.717) is 0 Å². The predicted octanol–water partition coefficient (Wildman–Crippen LogP) is 4.21. The summed E-state index contributed by atoms with van der Waals surface area (Å²) in [5.74, 6) is 0.904. The molecule has 0 saturated heterocycles. The quantitative estimate of drug-likeness (QED) is 0.622. The van der Waals surface area contributed by atoms with E-state index in [0.717, 1.165) is 12.5 Å². The van der Waals surface area contributed by atoms with Gasteiger partial charge in [0.25, 0.3) is 0 Å². The Hall–Kier alpha value is -0.0400. The molecule has 0 aromatic heterocycles. The van der Waals surface area contributed by atoms with Gasteiger partial charge in [-0.3, -0.25) is 0 Å². The van der Waals surface area contributed by atoms with Crippen LogP contribution in [0.5, 0.6) is 0 Å². The maximum atomic E-state index is 5.14. The molecular weight excluding hydrogens is 158 g/mol. The molecule has 0 aromatic carbocycles. The molecule has 0 amide bonds. The third-order valence-corrected chi connectivity index (χ3v) is 1.94. The summed E-state index contributed by atoms with van der Waals surface area (Å²) in [4.78, 5) is 0. The van der Waals surface area contributed by atoms with Crippen LogP contribution >= 0.6 is 0 Å². The summed E-state index contributed by atoms with van der Waals surface area (Å²) in [5, 5.41) is 0. The summed E-state index contributed by atoms with van der Waals surface area (Å²) in [6.45, 7) is 9.80. The fraction of sp³-hybridized carbons (Fsp3) is 1.00. The largest absolute Gasteiger partial charge is 0.330 e. The first-order chi connectivity index (χ1) is 6.18. The summed E-state index contributed by atoms with van der Waals surface area (Å²) >= 11 is 0. The van der Waals surface area contributed by atoms with Gasteiger partial charge in [0.05, 0.1) is 0 Å². The first-order valence-corrected chi connectivity index (χ1v) is 5.89. The van der Waals surface area contributed by atoms with Gasteiger partial charge >= 0.3 is 0 Å². The van der Waals surface area contributed by atoms with Crippen LogP contribution in [0.2, 0.25) is 0 Å². The van der Waals surface area contributed by atoms with Gasteiger partial charge in [-0.1, -0.05) is 59.8 Å². The number of unbranched alkanes of at least 4 members (excludes halogenated alkanes) is 3. The number of rotatable bonds is 6. The lowest BCUT2D eigenvalue weighted by molar-refractivity contribution is 0.534. The second kappa shape index (κ2) is 14.5. The zero-order valence-corrected chi connectivity index (χ0v) is 10.1. The Bertz CT molecular complexity index is 72.7. The standard InChI is InChI=1S/C8H18.C4H11N.H2/c1-4-5-6-7-8(2)3;1-2-3-4-5;/h8H,4-7H2,1-3H3;2-5H2,1H3;1H. The molecule has 0 aromatic rings. The van der Waals surface area contributed by atoms with Crippen molar-refractivity contribution in [1.29, 1.82) is 0 Å². The highest BCUT2D eigenvalue weighted by atomic mass is 14.5. The second-order valence-corrected chi connectivity index (χ2v) is 4.03. The summed E-state index contributed by atoms with van der Waals surface area (Å²) in [6, 6.07) is 0. The minimum absolute atomic E-state index is 0. The van der Waals surface area contributed by atoms with Crippen LogP contribution < -0.4 is 5.73 Å². The van der Waals surface area contributed by atoms with E-state index in [-0.39, 0.29) is 1.43 Å². The van der Waals surface area contributed by atoms with Gasteiger partial charge in [-0.25, -0.2) is 0 Å².